The molecule has 0 atom stereocenters. The van der Waals surface area contributed by atoms with E-state index in [9.17, 15) is 18.0 Å². The molecule has 1 aliphatic carbocycles. The summed E-state index contributed by atoms with van der Waals surface area (Å²) in [5.74, 6) is -0.799. The molecule has 1 fully saturated rings. The Bertz CT molecular complexity index is 768. The van der Waals surface area contributed by atoms with Gasteiger partial charge in [0, 0.05) is 6.04 Å². The van der Waals surface area contributed by atoms with Gasteiger partial charge < -0.3 is 10.6 Å². The topological polar surface area (TPSA) is 104 Å². The Labute approximate surface area is 147 Å². The van der Waals surface area contributed by atoms with Crippen LogP contribution in [0.4, 0.5) is 5.69 Å². The third kappa shape index (κ3) is 4.38. The Kier molecular flexibility index (Phi) is 5.39. The number of anilines is 1. The lowest BCUT2D eigenvalue weighted by molar-refractivity contribution is -0.115. The fourth-order valence-electron chi connectivity index (χ4n) is 3.30. The first-order chi connectivity index (χ1) is 12.0. The van der Waals surface area contributed by atoms with Crippen LogP contribution in [0.25, 0.3) is 0 Å². The van der Waals surface area contributed by atoms with Gasteiger partial charge >= 0.3 is 0 Å². The van der Waals surface area contributed by atoms with Crippen LogP contribution in [-0.4, -0.2) is 32.8 Å². The minimum absolute atomic E-state index is 0.0413. The van der Waals surface area contributed by atoms with E-state index in [1.807, 2.05) is 0 Å². The smallest absolute Gasteiger partial charge is 0.253 e. The fourth-order valence-corrected chi connectivity index (χ4v) is 4.63. The van der Waals surface area contributed by atoms with Crippen molar-refractivity contribution in [1.82, 2.24) is 10.0 Å². The molecule has 1 aliphatic heterocycles. The van der Waals surface area contributed by atoms with Crippen LogP contribution in [0.1, 0.15) is 55.3 Å². The van der Waals surface area contributed by atoms with Gasteiger partial charge in [-0.25, -0.2) is 13.1 Å². The summed E-state index contributed by atoms with van der Waals surface area (Å²) in [6.45, 7) is -0.129. The largest absolute Gasteiger partial charge is 0.343 e. The number of nitrogens with one attached hydrogen (secondary N) is 3. The Morgan fingerprint density at radius 3 is 2.40 bits per heavy atom. The standard InChI is InChI=1S/C17H23N3O4S/c21-16-11-18-17(22)14-10-13(8-9-15(14)19-16)25(23,24)20-12-6-4-2-1-3-5-7-12/h8-10,12,20H,1-7,11H2,(H,18,22)(H,19,21). The van der Waals surface area contributed by atoms with Crippen LogP contribution in [-0.2, 0) is 14.8 Å². The molecule has 136 valence electrons. The lowest BCUT2D eigenvalue weighted by Gasteiger charge is -2.21. The van der Waals surface area contributed by atoms with Crippen molar-refractivity contribution in [2.24, 2.45) is 0 Å². The molecule has 2 aliphatic rings. The van der Waals surface area contributed by atoms with Crippen molar-refractivity contribution in [3.8, 4) is 0 Å². The monoisotopic (exact) mass is 365 g/mol. The predicted molar refractivity (Wildman–Crippen MR) is 93.8 cm³/mol. The number of fused-ring (bicyclic) bond motifs is 1. The molecule has 8 heteroatoms. The first-order valence-corrected chi connectivity index (χ1v) is 10.2. The van der Waals surface area contributed by atoms with E-state index in [0.29, 0.717) is 5.69 Å². The van der Waals surface area contributed by atoms with Gasteiger partial charge in [0.15, 0.2) is 0 Å². The van der Waals surface area contributed by atoms with E-state index in [2.05, 4.69) is 15.4 Å². The molecule has 0 aromatic heterocycles. The number of hydrogen-bond acceptors (Lipinski definition) is 4. The van der Waals surface area contributed by atoms with Gasteiger partial charge in [0.25, 0.3) is 5.91 Å². The first kappa shape index (κ1) is 17.9. The minimum atomic E-state index is -3.71. The number of benzene rings is 1. The lowest BCUT2D eigenvalue weighted by atomic mass is 9.97. The van der Waals surface area contributed by atoms with Crippen LogP contribution in [0.3, 0.4) is 0 Å². The number of amides is 2. The zero-order valence-electron chi connectivity index (χ0n) is 14.0. The van der Waals surface area contributed by atoms with Crippen LogP contribution in [0.5, 0.6) is 0 Å². The summed E-state index contributed by atoms with van der Waals surface area (Å²) in [5.41, 5.74) is 0.483. The van der Waals surface area contributed by atoms with Crippen molar-refractivity contribution in [2.75, 3.05) is 11.9 Å². The maximum Gasteiger partial charge on any atom is 0.253 e. The number of carbonyl (C=O) groups is 2. The van der Waals surface area contributed by atoms with Crippen LogP contribution in [0.15, 0.2) is 23.1 Å². The number of sulfonamides is 1. The summed E-state index contributed by atoms with van der Waals surface area (Å²) in [5, 5.41) is 5.05. The molecule has 1 aromatic rings. The molecule has 0 spiro atoms. The second-order valence-electron chi connectivity index (χ2n) is 6.60. The average Bonchev–Trinajstić information content (AvgIpc) is 2.68. The number of rotatable bonds is 3. The summed E-state index contributed by atoms with van der Waals surface area (Å²) in [4.78, 5) is 23.7. The van der Waals surface area contributed by atoms with E-state index in [-0.39, 0.29) is 29.0 Å². The normalized spacial score (nSPS) is 19.8. The van der Waals surface area contributed by atoms with Crippen LogP contribution in [0, 0.1) is 0 Å². The molecule has 1 aromatic carbocycles. The van der Waals surface area contributed by atoms with E-state index in [4.69, 9.17) is 0 Å². The second kappa shape index (κ2) is 7.53. The van der Waals surface area contributed by atoms with E-state index < -0.39 is 15.9 Å². The maximum atomic E-state index is 12.7. The Balaban J connectivity index is 1.82. The van der Waals surface area contributed by atoms with Crippen molar-refractivity contribution in [3.63, 3.8) is 0 Å². The molecule has 3 N–H and O–H groups in total. The third-order valence-corrected chi connectivity index (χ3v) is 6.17. The van der Waals surface area contributed by atoms with Crippen molar-refractivity contribution in [3.05, 3.63) is 23.8 Å². The van der Waals surface area contributed by atoms with E-state index in [0.717, 1.165) is 38.5 Å². The molecule has 3 rings (SSSR count). The number of hydrogen-bond donors (Lipinski definition) is 3. The van der Waals surface area contributed by atoms with Crippen LogP contribution < -0.4 is 15.4 Å². The van der Waals surface area contributed by atoms with E-state index in [1.165, 1.54) is 24.6 Å². The Hall–Kier alpha value is -1.93. The van der Waals surface area contributed by atoms with Gasteiger partial charge in [-0.15, -0.1) is 0 Å². The Morgan fingerprint density at radius 1 is 1.00 bits per heavy atom. The summed E-state index contributed by atoms with van der Waals surface area (Å²) in [6, 6.07) is 4.13. The van der Waals surface area contributed by atoms with Crippen molar-refractivity contribution >= 4 is 27.5 Å². The zero-order valence-corrected chi connectivity index (χ0v) is 14.8. The molecule has 7 nitrogen and oxygen atoms in total. The third-order valence-electron chi connectivity index (χ3n) is 4.66. The van der Waals surface area contributed by atoms with Gasteiger partial charge in [0.1, 0.15) is 0 Å². The highest BCUT2D eigenvalue weighted by atomic mass is 32.2. The summed E-state index contributed by atoms with van der Waals surface area (Å²) < 4.78 is 28.2. The molecule has 1 saturated carbocycles. The molecule has 0 saturated heterocycles. The van der Waals surface area contributed by atoms with Gasteiger partial charge in [-0.3, -0.25) is 9.59 Å². The van der Waals surface area contributed by atoms with Gasteiger partial charge in [-0.2, -0.15) is 0 Å². The first-order valence-electron chi connectivity index (χ1n) is 8.70. The quantitative estimate of drug-likeness (QED) is 0.759. The molecule has 2 amide bonds. The summed E-state index contributed by atoms with van der Waals surface area (Å²) in [6.07, 6.45) is 7.19. The predicted octanol–water partition coefficient (Wildman–Crippen LogP) is 1.76. The van der Waals surface area contributed by atoms with E-state index in [1.54, 1.807) is 0 Å². The van der Waals surface area contributed by atoms with Crippen molar-refractivity contribution < 1.29 is 18.0 Å². The maximum absolute atomic E-state index is 12.7. The summed E-state index contributed by atoms with van der Waals surface area (Å²) in [7, 11) is -3.71. The highest BCUT2D eigenvalue weighted by Gasteiger charge is 2.25. The molecular formula is C17H23N3O4S. The van der Waals surface area contributed by atoms with Gasteiger partial charge in [0.2, 0.25) is 15.9 Å². The van der Waals surface area contributed by atoms with E-state index >= 15 is 0 Å². The SMILES string of the molecule is O=C1CNC(=O)c2cc(S(=O)(=O)NC3CCCCCCC3)ccc2N1. The van der Waals surface area contributed by atoms with Crippen molar-refractivity contribution in [2.45, 2.75) is 55.9 Å². The molecule has 1 heterocycles. The van der Waals surface area contributed by atoms with Gasteiger partial charge in [0.05, 0.1) is 22.7 Å². The fraction of sp³-hybridized carbons (Fsp3) is 0.529. The van der Waals surface area contributed by atoms with Crippen LogP contribution >= 0.6 is 0 Å². The number of carbonyl (C=O) groups excluding carboxylic acids is 2. The van der Waals surface area contributed by atoms with Gasteiger partial charge in [-0.1, -0.05) is 32.1 Å². The zero-order chi connectivity index (χ0) is 17.9. The Morgan fingerprint density at radius 2 is 1.68 bits per heavy atom. The van der Waals surface area contributed by atoms with Crippen LogP contribution in [0.2, 0.25) is 0 Å². The highest BCUT2D eigenvalue weighted by Crippen LogP contribution is 2.24. The van der Waals surface area contributed by atoms with Gasteiger partial charge in [-0.05, 0) is 31.0 Å². The molecule has 0 bridgehead atoms. The average molecular weight is 365 g/mol. The lowest BCUT2D eigenvalue weighted by Crippen LogP contribution is -2.35. The molecule has 0 unspecified atom stereocenters. The highest BCUT2D eigenvalue weighted by molar-refractivity contribution is 7.89. The second-order valence-corrected chi connectivity index (χ2v) is 8.32. The molecular weight excluding hydrogens is 342 g/mol. The molecule has 0 radical (unpaired) electrons. The minimum Gasteiger partial charge on any atom is -0.343 e. The summed E-state index contributed by atoms with van der Waals surface area (Å²) >= 11 is 0. The molecule has 25 heavy (non-hydrogen) atoms. The van der Waals surface area contributed by atoms with Crippen molar-refractivity contribution in [1.29, 1.82) is 0 Å².